The number of benzene rings is 1. The first kappa shape index (κ1) is 13.2. The van der Waals surface area contributed by atoms with Crippen molar-refractivity contribution in [3.8, 4) is 0 Å². The average molecular weight is 258 g/mol. The number of nitrogens with zero attached hydrogens (tertiary/aromatic N) is 1. The van der Waals surface area contributed by atoms with Crippen LogP contribution >= 0.6 is 0 Å². The molecule has 0 aliphatic carbocycles. The fourth-order valence-corrected chi connectivity index (χ4v) is 2.35. The Morgan fingerprint density at radius 1 is 1.22 bits per heavy atom. The fourth-order valence-electron chi connectivity index (χ4n) is 2.35. The van der Waals surface area contributed by atoms with E-state index in [4.69, 9.17) is 0 Å². The number of rotatable bonds is 2. The van der Waals surface area contributed by atoms with Crippen molar-refractivity contribution >= 4 is 5.69 Å². The second kappa shape index (κ2) is 5.18. The molecule has 0 saturated carbocycles. The van der Waals surface area contributed by atoms with Gasteiger partial charge in [0, 0.05) is 43.5 Å². The van der Waals surface area contributed by atoms with Crippen LogP contribution < -0.4 is 10.2 Å². The minimum absolute atomic E-state index is 0.156. The highest BCUT2D eigenvalue weighted by Gasteiger charge is 2.26. The second-order valence-corrected chi connectivity index (χ2v) is 4.93. The van der Waals surface area contributed by atoms with Gasteiger partial charge in [-0.05, 0) is 5.92 Å². The lowest BCUT2D eigenvalue weighted by Gasteiger charge is -2.40. The summed E-state index contributed by atoms with van der Waals surface area (Å²) in [5.74, 6) is -3.33. The third-order valence-corrected chi connectivity index (χ3v) is 3.35. The number of piperazine rings is 1. The Labute approximate surface area is 105 Å². The van der Waals surface area contributed by atoms with Crippen LogP contribution in [-0.4, -0.2) is 25.7 Å². The average Bonchev–Trinajstić information content (AvgIpc) is 2.35. The molecule has 1 aromatic carbocycles. The van der Waals surface area contributed by atoms with E-state index in [1.807, 2.05) is 4.90 Å². The number of nitrogens with one attached hydrogen (secondary N) is 1. The summed E-state index contributed by atoms with van der Waals surface area (Å²) in [6, 6.07) is 2.29. The molecule has 0 bridgehead atoms. The molecule has 2 nitrogen and oxygen atoms in total. The third-order valence-electron chi connectivity index (χ3n) is 3.35. The third kappa shape index (κ3) is 2.46. The van der Waals surface area contributed by atoms with Gasteiger partial charge in [0.2, 0.25) is 0 Å². The molecule has 0 aromatic heterocycles. The number of anilines is 1. The van der Waals surface area contributed by atoms with Gasteiger partial charge < -0.3 is 10.2 Å². The Balaban J connectivity index is 2.34. The summed E-state index contributed by atoms with van der Waals surface area (Å²) in [5.41, 5.74) is 0.409. The van der Waals surface area contributed by atoms with Crippen LogP contribution in [0.3, 0.4) is 0 Å². The van der Waals surface area contributed by atoms with Crippen LogP contribution in [0.5, 0.6) is 0 Å². The summed E-state index contributed by atoms with van der Waals surface area (Å²) in [6.45, 7) is 6.29. The van der Waals surface area contributed by atoms with Crippen molar-refractivity contribution in [2.24, 2.45) is 5.92 Å². The zero-order valence-corrected chi connectivity index (χ0v) is 10.5. The number of halogens is 3. The van der Waals surface area contributed by atoms with Crippen molar-refractivity contribution in [2.45, 2.75) is 19.9 Å². The van der Waals surface area contributed by atoms with Gasteiger partial charge in [0.1, 0.15) is 0 Å². The second-order valence-electron chi connectivity index (χ2n) is 4.93. The molecular weight excluding hydrogens is 241 g/mol. The van der Waals surface area contributed by atoms with E-state index in [0.717, 1.165) is 25.2 Å². The van der Waals surface area contributed by atoms with E-state index in [1.165, 1.54) is 0 Å². The minimum atomic E-state index is -1.41. The summed E-state index contributed by atoms with van der Waals surface area (Å²) in [4.78, 5) is 1.94. The van der Waals surface area contributed by atoms with Crippen molar-refractivity contribution < 1.29 is 13.2 Å². The molecule has 1 atom stereocenters. The van der Waals surface area contributed by atoms with Crippen LogP contribution in [0.25, 0.3) is 0 Å². The topological polar surface area (TPSA) is 15.3 Å². The molecule has 0 radical (unpaired) electrons. The molecule has 0 spiro atoms. The summed E-state index contributed by atoms with van der Waals surface area (Å²) < 4.78 is 39.5. The Kier molecular flexibility index (Phi) is 3.80. The van der Waals surface area contributed by atoms with Crippen LogP contribution in [0.2, 0.25) is 0 Å². The van der Waals surface area contributed by atoms with Crippen LogP contribution in [-0.2, 0) is 0 Å². The highest BCUT2D eigenvalue weighted by molar-refractivity contribution is 5.49. The van der Waals surface area contributed by atoms with Crippen molar-refractivity contribution in [1.29, 1.82) is 0 Å². The van der Waals surface area contributed by atoms with E-state index in [2.05, 4.69) is 19.2 Å². The van der Waals surface area contributed by atoms with Gasteiger partial charge in [0.05, 0.1) is 0 Å². The summed E-state index contributed by atoms with van der Waals surface area (Å²) in [5, 5.41) is 3.25. The molecule has 18 heavy (non-hydrogen) atoms. The smallest absolute Gasteiger partial charge is 0.194 e. The molecule has 1 saturated heterocycles. The van der Waals surface area contributed by atoms with Gasteiger partial charge in [0.25, 0.3) is 0 Å². The Morgan fingerprint density at radius 2 is 1.83 bits per heavy atom. The molecular formula is C13H17F3N2. The first-order valence-electron chi connectivity index (χ1n) is 6.12. The van der Waals surface area contributed by atoms with Gasteiger partial charge in [0.15, 0.2) is 17.5 Å². The molecule has 1 aliphatic heterocycles. The van der Waals surface area contributed by atoms with Crippen molar-refractivity contribution in [3.05, 3.63) is 29.6 Å². The minimum Gasteiger partial charge on any atom is -0.366 e. The molecule has 1 aliphatic rings. The summed E-state index contributed by atoms with van der Waals surface area (Å²) >= 11 is 0. The summed E-state index contributed by atoms with van der Waals surface area (Å²) in [7, 11) is 0. The monoisotopic (exact) mass is 258 g/mol. The molecule has 100 valence electrons. The van der Waals surface area contributed by atoms with E-state index in [-0.39, 0.29) is 6.04 Å². The molecule has 5 heteroatoms. The predicted molar refractivity (Wildman–Crippen MR) is 65.2 cm³/mol. The van der Waals surface area contributed by atoms with Gasteiger partial charge in [-0.2, -0.15) is 0 Å². The van der Waals surface area contributed by atoms with Gasteiger partial charge in [-0.15, -0.1) is 0 Å². The van der Waals surface area contributed by atoms with E-state index in [1.54, 1.807) is 0 Å². The Bertz CT molecular complexity index is 411. The SMILES string of the molecule is CC(C)C1CNCCN1c1cc(F)c(F)c(F)c1. The number of hydrogen-bond donors (Lipinski definition) is 1. The molecule has 1 aromatic rings. The number of hydrogen-bond acceptors (Lipinski definition) is 2. The van der Waals surface area contributed by atoms with E-state index in [0.29, 0.717) is 18.2 Å². The van der Waals surface area contributed by atoms with Gasteiger partial charge >= 0.3 is 0 Å². The van der Waals surface area contributed by atoms with Crippen molar-refractivity contribution in [2.75, 3.05) is 24.5 Å². The maximum absolute atomic E-state index is 13.3. The zero-order valence-electron chi connectivity index (χ0n) is 10.5. The van der Waals surface area contributed by atoms with Crippen LogP contribution in [0, 0.1) is 23.4 Å². The largest absolute Gasteiger partial charge is 0.366 e. The maximum Gasteiger partial charge on any atom is 0.194 e. The first-order valence-corrected chi connectivity index (χ1v) is 6.12. The lowest BCUT2D eigenvalue weighted by atomic mass is 9.99. The maximum atomic E-state index is 13.3. The normalized spacial score (nSPS) is 20.6. The van der Waals surface area contributed by atoms with Gasteiger partial charge in [-0.3, -0.25) is 0 Å². The van der Waals surface area contributed by atoms with Crippen LogP contribution in [0.15, 0.2) is 12.1 Å². The molecule has 1 fully saturated rings. The quantitative estimate of drug-likeness (QED) is 0.820. The lowest BCUT2D eigenvalue weighted by Crippen LogP contribution is -2.53. The van der Waals surface area contributed by atoms with Crippen molar-refractivity contribution in [1.82, 2.24) is 5.32 Å². The summed E-state index contributed by atoms with van der Waals surface area (Å²) in [6.07, 6.45) is 0. The molecule has 0 amide bonds. The van der Waals surface area contributed by atoms with Crippen LogP contribution in [0.4, 0.5) is 18.9 Å². The Hall–Kier alpha value is -1.23. The molecule has 1 unspecified atom stereocenters. The molecule has 2 rings (SSSR count). The van der Waals surface area contributed by atoms with E-state index >= 15 is 0 Å². The zero-order chi connectivity index (χ0) is 13.3. The highest BCUT2D eigenvalue weighted by Crippen LogP contribution is 2.25. The Morgan fingerprint density at radius 3 is 2.39 bits per heavy atom. The van der Waals surface area contributed by atoms with Crippen molar-refractivity contribution in [3.63, 3.8) is 0 Å². The van der Waals surface area contributed by atoms with Crippen LogP contribution in [0.1, 0.15) is 13.8 Å². The molecule has 1 heterocycles. The van der Waals surface area contributed by atoms with Gasteiger partial charge in [-0.25, -0.2) is 13.2 Å². The molecule has 1 N–H and O–H groups in total. The predicted octanol–water partition coefficient (Wildman–Crippen LogP) is 2.54. The van der Waals surface area contributed by atoms with Gasteiger partial charge in [-0.1, -0.05) is 13.8 Å². The standard InChI is InChI=1S/C13H17F3N2/c1-8(2)12-7-17-3-4-18(12)9-5-10(14)13(16)11(15)6-9/h5-6,8,12,17H,3-4,7H2,1-2H3. The highest BCUT2D eigenvalue weighted by atomic mass is 19.2. The van der Waals surface area contributed by atoms with E-state index < -0.39 is 17.5 Å². The first-order chi connectivity index (χ1) is 8.50. The lowest BCUT2D eigenvalue weighted by molar-refractivity contribution is 0.387. The van der Waals surface area contributed by atoms with E-state index in [9.17, 15) is 13.2 Å². The fraction of sp³-hybridized carbons (Fsp3) is 0.538.